The molecule has 2 heterocycles. The van der Waals surface area contributed by atoms with E-state index in [2.05, 4.69) is 40.9 Å². The summed E-state index contributed by atoms with van der Waals surface area (Å²) in [5, 5.41) is 30.4. The van der Waals surface area contributed by atoms with Crippen LogP contribution in [0.3, 0.4) is 0 Å². The molecule has 0 aromatic rings. The summed E-state index contributed by atoms with van der Waals surface area (Å²) in [7, 11) is 0. The van der Waals surface area contributed by atoms with E-state index in [0.29, 0.717) is 24.8 Å². The lowest BCUT2D eigenvalue weighted by molar-refractivity contribution is -0.158. The van der Waals surface area contributed by atoms with Crippen molar-refractivity contribution >= 4 is 11.9 Å². The average molecular weight is 515 g/mol. The summed E-state index contributed by atoms with van der Waals surface area (Å²) in [4.78, 5) is 24.6. The molecule has 1 saturated carbocycles. The van der Waals surface area contributed by atoms with Gasteiger partial charge < -0.3 is 24.8 Å². The van der Waals surface area contributed by atoms with Crippen LogP contribution in [0.25, 0.3) is 0 Å². The molecule has 8 atom stereocenters. The highest BCUT2D eigenvalue weighted by atomic mass is 16.6. The molecular weight excluding hydrogens is 472 g/mol. The summed E-state index contributed by atoms with van der Waals surface area (Å²) < 4.78 is 11.0. The zero-order chi connectivity index (χ0) is 27.3. The summed E-state index contributed by atoms with van der Waals surface area (Å²) >= 11 is 0. The second-order valence-corrected chi connectivity index (χ2v) is 12.1. The van der Waals surface area contributed by atoms with Gasteiger partial charge in [0.05, 0.1) is 24.7 Å². The number of hydrogen-bond donors (Lipinski definition) is 3. The van der Waals surface area contributed by atoms with Crippen LogP contribution in [0.15, 0.2) is 47.6 Å². The molecule has 2 aliphatic heterocycles. The molecule has 2 fully saturated rings. The molecule has 37 heavy (non-hydrogen) atoms. The monoisotopic (exact) mass is 514 g/mol. The number of aliphatic hydroxyl groups is 3. The van der Waals surface area contributed by atoms with Gasteiger partial charge in [-0.25, -0.2) is 9.59 Å². The highest BCUT2D eigenvalue weighted by molar-refractivity contribution is 5.92. The van der Waals surface area contributed by atoms with Crippen LogP contribution in [0.2, 0.25) is 0 Å². The molecule has 2 aliphatic carbocycles. The largest absolute Gasteiger partial charge is 0.459 e. The number of fused-ring (bicyclic) bond motifs is 2. The summed E-state index contributed by atoms with van der Waals surface area (Å²) in [6.07, 6.45) is 7.50. The first kappa shape index (κ1) is 27.8. The van der Waals surface area contributed by atoms with Crippen molar-refractivity contribution in [1.82, 2.24) is 0 Å². The number of hydrogen-bond acceptors (Lipinski definition) is 7. The van der Waals surface area contributed by atoms with Crippen LogP contribution in [-0.2, 0) is 19.1 Å². The number of ether oxygens (including phenoxy) is 2. The molecule has 0 bridgehead atoms. The Balaban J connectivity index is 1.54. The molecule has 4 rings (SSSR count). The predicted molar refractivity (Wildman–Crippen MR) is 139 cm³/mol. The van der Waals surface area contributed by atoms with Gasteiger partial charge in [-0.3, -0.25) is 0 Å². The predicted octanol–water partition coefficient (Wildman–Crippen LogP) is 3.79. The molecule has 0 amide bonds. The average Bonchev–Trinajstić information content (AvgIpc) is 3.31. The van der Waals surface area contributed by atoms with Crippen molar-refractivity contribution in [2.24, 2.45) is 28.6 Å². The van der Waals surface area contributed by atoms with Crippen molar-refractivity contribution in [3.63, 3.8) is 0 Å². The molecule has 7 nitrogen and oxygen atoms in total. The molecule has 0 aromatic heterocycles. The zero-order valence-electron chi connectivity index (χ0n) is 22.6. The second kappa shape index (κ2) is 9.83. The minimum absolute atomic E-state index is 0.0714. The minimum atomic E-state index is -1.89. The van der Waals surface area contributed by atoms with E-state index < -0.39 is 36.2 Å². The van der Waals surface area contributed by atoms with Crippen molar-refractivity contribution in [2.75, 3.05) is 13.2 Å². The third-order valence-electron chi connectivity index (χ3n) is 9.96. The van der Waals surface area contributed by atoms with E-state index in [1.165, 1.54) is 5.57 Å². The summed E-state index contributed by atoms with van der Waals surface area (Å²) in [5.41, 5.74) is 1.18. The van der Waals surface area contributed by atoms with Crippen LogP contribution >= 0.6 is 0 Å². The molecule has 0 radical (unpaired) electrons. The fraction of sp³-hybridized carbons (Fsp3) is 0.667. The van der Waals surface area contributed by atoms with Gasteiger partial charge >= 0.3 is 11.9 Å². The van der Waals surface area contributed by atoms with E-state index in [0.717, 1.165) is 30.4 Å². The van der Waals surface area contributed by atoms with Crippen LogP contribution < -0.4 is 0 Å². The van der Waals surface area contributed by atoms with Gasteiger partial charge in [0, 0.05) is 0 Å². The van der Waals surface area contributed by atoms with Crippen molar-refractivity contribution in [2.45, 2.75) is 84.0 Å². The molecule has 7 heteroatoms. The van der Waals surface area contributed by atoms with E-state index in [1.54, 1.807) is 0 Å². The van der Waals surface area contributed by atoms with Gasteiger partial charge in [-0.05, 0) is 66.8 Å². The van der Waals surface area contributed by atoms with Crippen molar-refractivity contribution in [1.29, 1.82) is 0 Å². The molecule has 0 spiro atoms. The normalized spacial score (nSPS) is 39.9. The number of aliphatic hydroxyl groups excluding tert-OH is 2. The Bertz CT molecular complexity index is 1060. The van der Waals surface area contributed by atoms with E-state index in [9.17, 15) is 24.9 Å². The fourth-order valence-corrected chi connectivity index (χ4v) is 7.15. The Morgan fingerprint density at radius 2 is 1.95 bits per heavy atom. The highest BCUT2D eigenvalue weighted by Crippen LogP contribution is 2.54. The fourth-order valence-electron chi connectivity index (χ4n) is 7.15. The lowest BCUT2D eigenvalue weighted by atomic mass is 9.61. The molecule has 4 aliphatic rings. The highest BCUT2D eigenvalue weighted by Gasteiger charge is 2.59. The van der Waals surface area contributed by atoms with Gasteiger partial charge in [-0.1, -0.05) is 57.6 Å². The number of carbonyl (C=O) groups is 2. The van der Waals surface area contributed by atoms with Gasteiger partial charge in [-0.15, -0.1) is 6.58 Å². The van der Waals surface area contributed by atoms with Crippen molar-refractivity contribution in [3.05, 3.63) is 47.6 Å². The van der Waals surface area contributed by atoms with E-state index in [-0.39, 0.29) is 35.4 Å². The van der Waals surface area contributed by atoms with Crippen molar-refractivity contribution in [3.8, 4) is 0 Å². The minimum Gasteiger partial charge on any atom is -0.459 e. The maximum absolute atomic E-state index is 12.4. The number of rotatable bonds is 9. The third kappa shape index (κ3) is 4.43. The summed E-state index contributed by atoms with van der Waals surface area (Å²) in [6, 6.07) is 0. The van der Waals surface area contributed by atoms with E-state index in [1.807, 2.05) is 12.2 Å². The smallest absolute Gasteiger partial charge is 0.341 e. The molecular formula is C30H42O7. The molecule has 204 valence electrons. The molecule has 0 aromatic carbocycles. The Kier molecular flexibility index (Phi) is 7.38. The maximum atomic E-state index is 12.4. The van der Waals surface area contributed by atoms with Crippen LogP contribution in [0.1, 0.15) is 66.2 Å². The first-order chi connectivity index (χ1) is 17.4. The van der Waals surface area contributed by atoms with Gasteiger partial charge in [-0.2, -0.15) is 0 Å². The lowest BCUT2D eigenvalue weighted by Gasteiger charge is -2.44. The first-order valence-corrected chi connectivity index (χ1v) is 13.5. The second-order valence-electron chi connectivity index (χ2n) is 12.1. The summed E-state index contributed by atoms with van der Waals surface area (Å²) in [6.45, 7) is 16.2. The van der Waals surface area contributed by atoms with Crippen LogP contribution in [0, 0.1) is 28.6 Å². The van der Waals surface area contributed by atoms with Gasteiger partial charge in [0.1, 0.15) is 12.2 Å². The SMILES string of the molecule is C=C[C@]1(C)C[C@@H]2OC(=O)C(CO)=C2C[C@@H]1C(=C)CCC(C)C1=C[C@H]2[C@@H](C[C@@]1(C)CC)OC(=O)[C@@]2(O)CO. The van der Waals surface area contributed by atoms with Crippen LogP contribution in [0.5, 0.6) is 0 Å². The number of esters is 2. The molecule has 3 N–H and O–H groups in total. The Hall–Kier alpha value is -2.22. The van der Waals surface area contributed by atoms with Gasteiger partial charge in [0.15, 0.2) is 5.60 Å². The standard InChI is InChI=1S/C30H42O7/c1-7-28(5)13-24-19(20(15-31)26(33)36-24)11-21(28)17(3)9-10-18(4)22-12-23-25(14-29(22,6)8-2)37-27(34)30(23,35)16-32/h7,12,18,21,23-25,31-32,35H,1,3,8-11,13-16H2,2,4-6H3/t18?,21-,23+,24+,25-,28-,29-,30-/m1/s1. The van der Waals surface area contributed by atoms with Crippen molar-refractivity contribution < 1.29 is 34.4 Å². The quantitative estimate of drug-likeness (QED) is 0.317. The Labute approximate surface area is 219 Å². The first-order valence-electron chi connectivity index (χ1n) is 13.5. The topological polar surface area (TPSA) is 113 Å². The lowest BCUT2D eigenvalue weighted by Crippen LogP contribution is -2.47. The van der Waals surface area contributed by atoms with E-state index >= 15 is 0 Å². The number of carbonyl (C=O) groups excluding carboxylic acids is 2. The van der Waals surface area contributed by atoms with Crippen LogP contribution in [-0.4, -0.2) is 58.3 Å². The maximum Gasteiger partial charge on any atom is 0.341 e. The summed E-state index contributed by atoms with van der Waals surface area (Å²) in [5.74, 6) is -1.49. The van der Waals surface area contributed by atoms with E-state index in [4.69, 9.17) is 9.47 Å². The van der Waals surface area contributed by atoms with Crippen LogP contribution in [0.4, 0.5) is 0 Å². The zero-order valence-corrected chi connectivity index (χ0v) is 22.6. The Morgan fingerprint density at radius 1 is 1.24 bits per heavy atom. The Morgan fingerprint density at radius 3 is 2.54 bits per heavy atom. The van der Waals surface area contributed by atoms with Gasteiger partial charge in [0.25, 0.3) is 0 Å². The molecule has 1 saturated heterocycles. The van der Waals surface area contributed by atoms with Gasteiger partial charge in [0.2, 0.25) is 0 Å². The number of allylic oxidation sites excluding steroid dienone is 3. The molecule has 1 unspecified atom stereocenters. The third-order valence-corrected chi connectivity index (χ3v) is 9.96.